The number of nitrogens with two attached hydrogens (primary N) is 1. The Morgan fingerprint density at radius 2 is 1.85 bits per heavy atom. The van der Waals surface area contributed by atoms with E-state index in [1.54, 1.807) is 7.11 Å². The highest BCUT2D eigenvalue weighted by Gasteiger charge is 2.12. The Morgan fingerprint density at radius 3 is 2.52 bits per heavy atom. The highest BCUT2D eigenvalue weighted by atomic mass is 16.5. The molecule has 0 saturated carbocycles. The molecule has 3 rings (SSSR count). The average molecular weight is 364 g/mol. The molecule has 0 amide bonds. The number of benzene rings is 2. The van der Waals surface area contributed by atoms with Crippen LogP contribution in [0.15, 0.2) is 54.7 Å². The first-order chi connectivity index (χ1) is 13.0. The molecule has 0 fully saturated rings. The number of hydrogen-bond acceptors (Lipinski definition) is 3. The number of aryl methyl sites for hydroxylation is 1. The Morgan fingerprint density at radius 1 is 1.07 bits per heavy atom. The molecule has 1 aromatic heterocycles. The normalized spacial score (nSPS) is 11.1. The minimum atomic E-state index is 0.344. The van der Waals surface area contributed by atoms with Gasteiger partial charge >= 0.3 is 0 Å². The van der Waals surface area contributed by atoms with Gasteiger partial charge in [0.15, 0.2) is 0 Å². The minimum Gasteiger partial charge on any atom is -0.397 e. The van der Waals surface area contributed by atoms with Crippen LogP contribution in [0.2, 0.25) is 0 Å². The van der Waals surface area contributed by atoms with Gasteiger partial charge in [-0.05, 0) is 50.1 Å². The molecule has 0 aliphatic rings. The Bertz CT molecular complexity index is 912. The van der Waals surface area contributed by atoms with Crippen LogP contribution >= 0.6 is 0 Å². The first-order valence-electron chi connectivity index (χ1n) is 9.41. The monoisotopic (exact) mass is 363 g/mol. The second-order valence-electron chi connectivity index (χ2n) is 7.22. The molecule has 3 aromatic rings. The summed E-state index contributed by atoms with van der Waals surface area (Å²) < 4.78 is 7.55. The second kappa shape index (κ2) is 8.31. The largest absolute Gasteiger partial charge is 0.397 e. The fourth-order valence-electron chi connectivity index (χ4n) is 3.34. The van der Waals surface area contributed by atoms with Crippen molar-refractivity contribution in [3.63, 3.8) is 0 Å². The van der Waals surface area contributed by atoms with Crippen LogP contribution in [0.1, 0.15) is 19.4 Å². The van der Waals surface area contributed by atoms with E-state index in [0.29, 0.717) is 12.6 Å². The van der Waals surface area contributed by atoms with Gasteiger partial charge in [-0.25, -0.2) is 0 Å². The zero-order valence-electron chi connectivity index (χ0n) is 16.6. The number of aromatic nitrogens is 1. The fourth-order valence-corrected chi connectivity index (χ4v) is 3.34. The van der Waals surface area contributed by atoms with E-state index in [2.05, 4.69) is 79.3 Å². The van der Waals surface area contributed by atoms with Crippen LogP contribution in [0.5, 0.6) is 0 Å². The molecule has 1 heterocycles. The van der Waals surface area contributed by atoms with Crippen molar-refractivity contribution in [3.8, 4) is 22.4 Å². The molecule has 0 aliphatic carbocycles. The maximum absolute atomic E-state index is 6.30. The molecule has 3 N–H and O–H groups in total. The van der Waals surface area contributed by atoms with E-state index in [1.165, 1.54) is 16.7 Å². The number of anilines is 2. The molecular weight excluding hydrogens is 334 g/mol. The van der Waals surface area contributed by atoms with Gasteiger partial charge in [-0.15, -0.1) is 0 Å². The molecule has 0 radical (unpaired) electrons. The van der Waals surface area contributed by atoms with Crippen molar-refractivity contribution in [2.24, 2.45) is 0 Å². The van der Waals surface area contributed by atoms with Gasteiger partial charge < -0.3 is 20.4 Å². The smallest absolute Gasteiger partial charge is 0.0641 e. The standard InChI is InChI=1S/C23H29N3O/c1-16(2)25-22-10-9-18(13-21(22)24)23-14-19(15-26(23)11-12-27-4)20-8-6-5-7-17(20)3/h5-10,13-16,25H,11-12,24H2,1-4H3. The van der Waals surface area contributed by atoms with Gasteiger partial charge in [0, 0.05) is 42.7 Å². The van der Waals surface area contributed by atoms with Gasteiger partial charge in [0.1, 0.15) is 0 Å². The number of methoxy groups -OCH3 is 1. The Labute approximate surface area is 162 Å². The average Bonchev–Trinajstić information content (AvgIpc) is 3.05. The summed E-state index contributed by atoms with van der Waals surface area (Å²) in [4.78, 5) is 0. The molecule has 4 nitrogen and oxygen atoms in total. The summed E-state index contributed by atoms with van der Waals surface area (Å²) in [6, 6.07) is 17.3. The van der Waals surface area contributed by atoms with Crippen molar-refractivity contribution in [1.82, 2.24) is 4.57 Å². The van der Waals surface area contributed by atoms with Crippen LogP contribution < -0.4 is 11.1 Å². The number of nitrogen functional groups attached to an aromatic ring is 1. The topological polar surface area (TPSA) is 52.2 Å². The molecule has 2 aromatic carbocycles. The van der Waals surface area contributed by atoms with E-state index in [9.17, 15) is 0 Å². The van der Waals surface area contributed by atoms with Crippen molar-refractivity contribution in [1.29, 1.82) is 0 Å². The van der Waals surface area contributed by atoms with Crippen LogP contribution in [0.3, 0.4) is 0 Å². The van der Waals surface area contributed by atoms with Gasteiger partial charge in [0.05, 0.1) is 18.0 Å². The van der Waals surface area contributed by atoms with Crippen molar-refractivity contribution in [2.45, 2.75) is 33.4 Å². The van der Waals surface area contributed by atoms with Crippen LogP contribution in [0.4, 0.5) is 11.4 Å². The van der Waals surface area contributed by atoms with Crippen molar-refractivity contribution >= 4 is 11.4 Å². The minimum absolute atomic E-state index is 0.344. The highest BCUT2D eigenvalue weighted by Crippen LogP contribution is 2.33. The Balaban J connectivity index is 2.03. The van der Waals surface area contributed by atoms with E-state index < -0.39 is 0 Å². The summed E-state index contributed by atoms with van der Waals surface area (Å²) in [5.74, 6) is 0. The lowest BCUT2D eigenvalue weighted by molar-refractivity contribution is 0.188. The third-order valence-electron chi connectivity index (χ3n) is 4.68. The number of ether oxygens (including phenoxy) is 1. The van der Waals surface area contributed by atoms with E-state index in [-0.39, 0.29) is 0 Å². The van der Waals surface area contributed by atoms with Crippen molar-refractivity contribution in [3.05, 3.63) is 60.3 Å². The number of nitrogens with zero attached hydrogens (tertiary/aromatic N) is 1. The molecule has 0 unspecified atom stereocenters. The molecule has 142 valence electrons. The maximum atomic E-state index is 6.30. The summed E-state index contributed by atoms with van der Waals surface area (Å²) in [7, 11) is 1.73. The van der Waals surface area contributed by atoms with Gasteiger partial charge in [-0.2, -0.15) is 0 Å². The lowest BCUT2D eigenvalue weighted by Gasteiger charge is -2.14. The zero-order chi connectivity index (χ0) is 19.4. The quantitative estimate of drug-likeness (QED) is 0.569. The summed E-state index contributed by atoms with van der Waals surface area (Å²) >= 11 is 0. The summed E-state index contributed by atoms with van der Waals surface area (Å²) in [5.41, 5.74) is 14.0. The van der Waals surface area contributed by atoms with Gasteiger partial charge in [-0.1, -0.05) is 30.3 Å². The van der Waals surface area contributed by atoms with E-state index in [1.807, 2.05) is 6.07 Å². The molecule has 27 heavy (non-hydrogen) atoms. The fraction of sp³-hybridized carbons (Fsp3) is 0.304. The summed E-state index contributed by atoms with van der Waals surface area (Å²) in [6.07, 6.45) is 2.20. The number of rotatable bonds is 7. The molecule has 4 heteroatoms. The maximum Gasteiger partial charge on any atom is 0.0641 e. The van der Waals surface area contributed by atoms with E-state index in [4.69, 9.17) is 10.5 Å². The van der Waals surface area contributed by atoms with Gasteiger partial charge in [0.25, 0.3) is 0 Å². The molecule has 0 atom stereocenters. The number of hydrogen-bond donors (Lipinski definition) is 2. The molecule has 0 saturated heterocycles. The molecule has 0 bridgehead atoms. The predicted octanol–water partition coefficient (Wildman–Crippen LogP) is 5.18. The van der Waals surface area contributed by atoms with Gasteiger partial charge in [-0.3, -0.25) is 0 Å². The lowest BCUT2D eigenvalue weighted by atomic mass is 10.0. The predicted molar refractivity (Wildman–Crippen MR) is 115 cm³/mol. The first-order valence-corrected chi connectivity index (χ1v) is 9.41. The van der Waals surface area contributed by atoms with Crippen LogP contribution in [0.25, 0.3) is 22.4 Å². The van der Waals surface area contributed by atoms with Crippen LogP contribution in [-0.4, -0.2) is 24.3 Å². The third-order valence-corrected chi connectivity index (χ3v) is 4.68. The number of nitrogens with one attached hydrogen (secondary N) is 1. The van der Waals surface area contributed by atoms with E-state index >= 15 is 0 Å². The first kappa shape index (κ1) is 19.1. The van der Waals surface area contributed by atoms with Gasteiger partial charge in [0.2, 0.25) is 0 Å². The SMILES string of the molecule is COCCn1cc(-c2ccccc2C)cc1-c1ccc(NC(C)C)c(N)c1. The van der Waals surface area contributed by atoms with E-state index in [0.717, 1.165) is 29.2 Å². The zero-order valence-corrected chi connectivity index (χ0v) is 16.6. The summed E-state index contributed by atoms with van der Waals surface area (Å²) in [5, 5.41) is 3.39. The molecular formula is C23H29N3O. The van der Waals surface area contributed by atoms with Crippen LogP contribution in [-0.2, 0) is 11.3 Å². The van der Waals surface area contributed by atoms with Crippen LogP contribution in [0, 0.1) is 6.92 Å². The lowest BCUT2D eigenvalue weighted by Crippen LogP contribution is -2.11. The second-order valence-corrected chi connectivity index (χ2v) is 7.22. The Kier molecular flexibility index (Phi) is 5.87. The molecule has 0 aliphatic heterocycles. The Hall–Kier alpha value is -2.72. The molecule has 0 spiro atoms. The highest BCUT2D eigenvalue weighted by molar-refractivity contribution is 5.78. The summed E-state index contributed by atoms with van der Waals surface area (Å²) in [6.45, 7) is 7.82. The van der Waals surface area contributed by atoms with Crippen molar-refractivity contribution in [2.75, 3.05) is 24.8 Å². The van der Waals surface area contributed by atoms with Crippen molar-refractivity contribution < 1.29 is 4.74 Å². The third kappa shape index (κ3) is 4.34.